The fourth-order valence-corrected chi connectivity index (χ4v) is 9.16. The zero-order valence-electron chi connectivity index (χ0n) is 33.0. The number of ether oxygens (including phenoxy) is 9. The van der Waals surface area contributed by atoms with Gasteiger partial charge in [-0.2, -0.15) is 0 Å². The van der Waals surface area contributed by atoms with Crippen molar-refractivity contribution in [1.29, 1.82) is 0 Å². The van der Waals surface area contributed by atoms with E-state index in [-0.39, 0.29) is 24.1 Å². The van der Waals surface area contributed by atoms with Crippen molar-refractivity contribution in [3.05, 3.63) is 29.6 Å². The average Bonchev–Trinajstić information content (AvgIpc) is 3.32. The summed E-state index contributed by atoms with van der Waals surface area (Å²) in [7, 11) is 0. The van der Waals surface area contributed by atoms with E-state index in [1.165, 1.54) is 32.2 Å². The Morgan fingerprint density at radius 2 is 1.35 bits per heavy atom. The standard InChI is InChI=1S/C38H47NO18/c1-17-12-13-25-24(11-10-14-39-25)34(47)50-15-35(8)26-27(51-19(3)41)31(54-22(6)44)37(16-49-18(2)40)32(55-23(7)45)28(52-20(4)42)30(56-33(17)46)36(9,48)38(37,57-35)29(26)53-21(5)43/h10-11,14,17,26-32,48H,12-13,15-16H2,1-9H3/t17?,26?,27?,28?,29-,30-,31-,32+,35+,36+,37?,38?/m1/s1. The van der Waals surface area contributed by atoms with Gasteiger partial charge in [-0.05, 0) is 38.8 Å². The summed E-state index contributed by atoms with van der Waals surface area (Å²) in [4.78, 5) is 111. The maximum absolute atomic E-state index is 14.1. The van der Waals surface area contributed by atoms with E-state index in [0.717, 1.165) is 48.5 Å². The lowest BCUT2D eigenvalue weighted by molar-refractivity contribution is -0.386. The van der Waals surface area contributed by atoms with E-state index in [1.807, 2.05) is 0 Å². The van der Waals surface area contributed by atoms with Crippen LogP contribution in [-0.4, -0.2) is 124 Å². The zero-order chi connectivity index (χ0) is 42.4. The second-order valence-electron chi connectivity index (χ2n) is 15.3. The summed E-state index contributed by atoms with van der Waals surface area (Å²) in [6.45, 7) is 8.15. The number of carbonyl (C=O) groups excluding carboxylic acids is 8. The Bertz CT molecular complexity index is 1840. The number of nitrogens with zero attached hydrogens (tertiary/aromatic N) is 1. The maximum Gasteiger partial charge on any atom is 0.340 e. The molecule has 1 aromatic rings. The van der Waals surface area contributed by atoms with Crippen molar-refractivity contribution >= 4 is 47.8 Å². The lowest BCUT2D eigenvalue weighted by Gasteiger charge is -2.67. The number of aromatic nitrogens is 1. The van der Waals surface area contributed by atoms with E-state index in [1.54, 1.807) is 0 Å². The van der Waals surface area contributed by atoms with Gasteiger partial charge in [0.1, 0.15) is 42.0 Å². The summed E-state index contributed by atoms with van der Waals surface area (Å²) in [5.41, 5.74) is -9.87. The predicted octanol–water partition coefficient (Wildman–Crippen LogP) is 0.863. The Balaban J connectivity index is 1.99. The summed E-state index contributed by atoms with van der Waals surface area (Å²) in [6.07, 6.45) is -10.3. The molecule has 4 bridgehead atoms. The molecule has 0 amide bonds. The van der Waals surface area contributed by atoms with Crippen LogP contribution < -0.4 is 0 Å². The second-order valence-corrected chi connectivity index (χ2v) is 15.3. The quantitative estimate of drug-likeness (QED) is 0.296. The minimum Gasteiger partial charge on any atom is -0.465 e. The minimum absolute atomic E-state index is 0.0290. The van der Waals surface area contributed by atoms with E-state index in [0.29, 0.717) is 0 Å². The van der Waals surface area contributed by atoms with Crippen LogP contribution in [0.3, 0.4) is 0 Å². The molecular formula is C38H47NO18. The smallest absolute Gasteiger partial charge is 0.340 e. The molecule has 1 spiro atoms. The SMILES string of the molecule is CC(=O)OCC12[C@H](OC(C)=O)C(OC(C)=O)C3[C@@H](OC(C)=O)C14O[C@@]3(C)COC(=O)c1cccnc1CCC(C)C(=O)O[C@H](C(OC(C)=O)[C@@H]2OC(C)=O)[C@]4(C)O. The molecule has 3 heterocycles. The molecule has 6 unspecified atom stereocenters. The fraction of sp³-hybridized carbons (Fsp3) is 0.658. The zero-order valence-corrected chi connectivity index (χ0v) is 33.0. The first-order chi connectivity index (χ1) is 26.5. The number of esters is 8. The molecule has 57 heavy (non-hydrogen) atoms. The first kappa shape index (κ1) is 43.0. The summed E-state index contributed by atoms with van der Waals surface area (Å²) < 4.78 is 54.2. The summed E-state index contributed by atoms with van der Waals surface area (Å²) >= 11 is 0. The number of aryl methyl sites for hydroxylation is 1. The van der Waals surface area contributed by atoms with Crippen LogP contribution >= 0.6 is 0 Å². The number of hydrogen-bond acceptors (Lipinski definition) is 19. The van der Waals surface area contributed by atoms with Crippen LogP contribution in [0.2, 0.25) is 0 Å². The highest BCUT2D eigenvalue weighted by molar-refractivity contribution is 5.90. The molecule has 5 rings (SSSR count). The van der Waals surface area contributed by atoms with Crippen LogP contribution in [0.5, 0.6) is 0 Å². The van der Waals surface area contributed by atoms with Crippen molar-refractivity contribution in [2.24, 2.45) is 17.3 Å². The number of fused-ring (bicyclic) bond motifs is 5. The molecule has 2 saturated carbocycles. The van der Waals surface area contributed by atoms with Crippen LogP contribution in [-0.2, 0) is 82.6 Å². The average molecular weight is 806 g/mol. The third-order valence-electron chi connectivity index (χ3n) is 11.1. The highest BCUT2D eigenvalue weighted by atomic mass is 16.7. The van der Waals surface area contributed by atoms with Crippen LogP contribution in [0.4, 0.5) is 0 Å². The first-order valence-corrected chi connectivity index (χ1v) is 18.3. The molecule has 1 saturated heterocycles. The van der Waals surface area contributed by atoms with Gasteiger partial charge in [0.2, 0.25) is 0 Å². The van der Waals surface area contributed by atoms with Crippen molar-refractivity contribution in [1.82, 2.24) is 4.98 Å². The van der Waals surface area contributed by atoms with Gasteiger partial charge in [-0.1, -0.05) is 6.92 Å². The summed E-state index contributed by atoms with van der Waals surface area (Å²) in [6, 6.07) is 2.95. The molecule has 0 radical (unpaired) electrons. The normalized spacial score (nSPS) is 37.1. The fourth-order valence-electron chi connectivity index (χ4n) is 9.16. The van der Waals surface area contributed by atoms with Crippen LogP contribution in [0, 0.1) is 17.3 Å². The van der Waals surface area contributed by atoms with Crippen molar-refractivity contribution in [2.45, 2.75) is 129 Å². The van der Waals surface area contributed by atoms with E-state index < -0.39 is 132 Å². The van der Waals surface area contributed by atoms with Gasteiger partial charge in [-0.3, -0.25) is 38.5 Å². The molecule has 4 aliphatic rings. The molecule has 2 aliphatic heterocycles. The van der Waals surface area contributed by atoms with Crippen molar-refractivity contribution in [3.63, 3.8) is 0 Å². The van der Waals surface area contributed by atoms with E-state index in [9.17, 15) is 43.5 Å². The molecule has 3 fully saturated rings. The van der Waals surface area contributed by atoms with Crippen molar-refractivity contribution < 1.29 is 86.1 Å². The second kappa shape index (κ2) is 15.6. The Morgan fingerprint density at radius 1 is 0.807 bits per heavy atom. The lowest BCUT2D eigenvalue weighted by Crippen LogP contribution is -2.89. The number of pyridine rings is 1. The van der Waals surface area contributed by atoms with Crippen LogP contribution in [0.25, 0.3) is 0 Å². The largest absolute Gasteiger partial charge is 0.465 e. The highest BCUT2D eigenvalue weighted by Gasteiger charge is 2.92. The maximum atomic E-state index is 14.1. The number of cyclic esters (lactones) is 1. The topological polar surface area (TPSA) is 253 Å². The monoisotopic (exact) mass is 805 g/mol. The number of rotatable bonds is 7. The molecule has 19 nitrogen and oxygen atoms in total. The number of hydrogen-bond donors (Lipinski definition) is 1. The summed E-state index contributed by atoms with van der Waals surface area (Å²) in [5.74, 6) is -10.5. The van der Waals surface area contributed by atoms with Gasteiger partial charge in [-0.25, -0.2) is 4.79 Å². The molecule has 19 heteroatoms. The van der Waals surface area contributed by atoms with Crippen molar-refractivity contribution in [3.8, 4) is 0 Å². The Labute approximate surface area is 327 Å². The van der Waals surface area contributed by atoms with Gasteiger partial charge >= 0.3 is 47.8 Å². The minimum atomic E-state index is -2.80. The first-order valence-electron chi connectivity index (χ1n) is 18.3. The van der Waals surface area contributed by atoms with E-state index in [2.05, 4.69) is 4.98 Å². The van der Waals surface area contributed by atoms with Gasteiger partial charge < -0.3 is 47.7 Å². The van der Waals surface area contributed by atoms with Gasteiger partial charge in [0.15, 0.2) is 30.0 Å². The Morgan fingerprint density at radius 3 is 1.91 bits per heavy atom. The molecular weight excluding hydrogens is 758 g/mol. The molecule has 2 aliphatic carbocycles. The highest BCUT2D eigenvalue weighted by Crippen LogP contribution is 2.70. The Kier molecular flexibility index (Phi) is 11.8. The van der Waals surface area contributed by atoms with Crippen LogP contribution in [0.1, 0.15) is 84.8 Å². The van der Waals surface area contributed by atoms with Gasteiger partial charge in [0.25, 0.3) is 0 Å². The molecule has 1 N–H and O–H groups in total. The van der Waals surface area contributed by atoms with E-state index >= 15 is 0 Å². The predicted molar refractivity (Wildman–Crippen MR) is 185 cm³/mol. The molecule has 0 aromatic carbocycles. The molecule has 12 atom stereocenters. The van der Waals surface area contributed by atoms with Gasteiger partial charge in [-0.15, -0.1) is 0 Å². The van der Waals surface area contributed by atoms with Crippen LogP contribution in [0.15, 0.2) is 18.3 Å². The number of carbonyl (C=O) groups is 8. The van der Waals surface area contributed by atoms with E-state index in [4.69, 9.17) is 42.6 Å². The number of aliphatic hydroxyl groups is 1. The van der Waals surface area contributed by atoms with Gasteiger partial charge in [0.05, 0.1) is 23.1 Å². The third kappa shape index (κ3) is 7.30. The molecule has 1 aromatic heterocycles. The Hall–Kier alpha value is -5.17. The summed E-state index contributed by atoms with van der Waals surface area (Å²) in [5, 5.41) is 13.4. The van der Waals surface area contributed by atoms with Gasteiger partial charge in [0, 0.05) is 47.7 Å². The van der Waals surface area contributed by atoms with Crippen molar-refractivity contribution in [2.75, 3.05) is 13.2 Å². The third-order valence-corrected chi connectivity index (χ3v) is 11.1. The molecule has 312 valence electrons. The lowest BCUT2D eigenvalue weighted by atomic mass is 9.45.